The molecule has 0 unspecified atom stereocenters. The molecule has 0 aromatic carbocycles. The number of azide groups is 1. The first kappa shape index (κ1) is 21.8. The van der Waals surface area contributed by atoms with Crippen molar-refractivity contribution in [1.29, 1.82) is 0 Å². The van der Waals surface area contributed by atoms with Crippen LogP contribution in [0.2, 0.25) is 0 Å². The zero-order chi connectivity index (χ0) is 17.0. The van der Waals surface area contributed by atoms with E-state index in [4.69, 9.17) is 5.53 Å². The van der Waals surface area contributed by atoms with E-state index >= 15 is 0 Å². The molecule has 0 radical (unpaired) electrons. The largest absolute Gasteiger partial charge is 0.469 e. The van der Waals surface area contributed by atoms with Crippen LogP contribution in [0.25, 0.3) is 10.4 Å². The van der Waals surface area contributed by atoms with E-state index in [9.17, 15) is 4.79 Å². The lowest BCUT2D eigenvalue weighted by Crippen LogP contribution is -1.99. The van der Waals surface area contributed by atoms with Gasteiger partial charge >= 0.3 is 5.97 Å². The summed E-state index contributed by atoms with van der Waals surface area (Å²) < 4.78 is 4.62. The van der Waals surface area contributed by atoms with Crippen LogP contribution < -0.4 is 0 Å². The maximum atomic E-state index is 10.9. The molecule has 0 atom stereocenters. The van der Waals surface area contributed by atoms with Gasteiger partial charge in [-0.25, -0.2) is 0 Å². The fourth-order valence-corrected chi connectivity index (χ4v) is 2.72. The number of methoxy groups -OCH3 is 1. The Labute approximate surface area is 141 Å². The van der Waals surface area contributed by atoms with E-state index in [1.54, 1.807) is 0 Å². The lowest BCUT2D eigenvalue weighted by atomic mass is 10.0. The third kappa shape index (κ3) is 18.7. The van der Waals surface area contributed by atoms with Gasteiger partial charge in [-0.15, -0.1) is 0 Å². The summed E-state index contributed by atoms with van der Waals surface area (Å²) in [5.41, 5.74) is 8.15. The second-order valence-electron chi connectivity index (χ2n) is 6.23. The Balaban J connectivity index is 3.02. The highest BCUT2D eigenvalue weighted by Crippen LogP contribution is 2.13. The molecule has 0 aliphatic carbocycles. The molecule has 0 N–H and O–H groups in total. The Hall–Kier alpha value is -1.22. The molecule has 5 heteroatoms. The number of ether oxygens (including phenoxy) is 1. The van der Waals surface area contributed by atoms with Crippen molar-refractivity contribution in [2.24, 2.45) is 5.11 Å². The number of carbonyl (C=O) groups is 1. The van der Waals surface area contributed by atoms with Crippen LogP contribution in [0, 0.1) is 0 Å². The van der Waals surface area contributed by atoms with Gasteiger partial charge in [-0.3, -0.25) is 4.79 Å². The number of nitrogens with zero attached hydrogens (tertiary/aromatic N) is 3. The van der Waals surface area contributed by atoms with E-state index < -0.39 is 0 Å². The minimum absolute atomic E-state index is 0.0827. The van der Waals surface area contributed by atoms with Crippen LogP contribution in [0.1, 0.15) is 96.3 Å². The van der Waals surface area contributed by atoms with Gasteiger partial charge in [0.05, 0.1) is 7.11 Å². The first-order valence-corrected chi connectivity index (χ1v) is 9.39. The molecule has 23 heavy (non-hydrogen) atoms. The highest BCUT2D eigenvalue weighted by Gasteiger charge is 1.99. The maximum absolute atomic E-state index is 10.9. The van der Waals surface area contributed by atoms with Gasteiger partial charge in [-0.2, -0.15) is 0 Å². The van der Waals surface area contributed by atoms with E-state index in [0.717, 1.165) is 19.3 Å². The fraction of sp³-hybridized carbons (Fsp3) is 0.944. The van der Waals surface area contributed by atoms with Gasteiger partial charge in [0.15, 0.2) is 0 Å². The summed E-state index contributed by atoms with van der Waals surface area (Å²) in [5.74, 6) is -0.0827. The van der Waals surface area contributed by atoms with Crippen molar-refractivity contribution in [3.05, 3.63) is 10.4 Å². The van der Waals surface area contributed by atoms with Crippen LogP contribution in [0.4, 0.5) is 0 Å². The lowest BCUT2D eigenvalue weighted by molar-refractivity contribution is -0.140. The van der Waals surface area contributed by atoms with Gasteiger partial charge in [0, 0.05) is 17.9 Å². The number of esters is 1. The first-order valence-electron chi connectivity index (χ1n) is 9.39. The van der Waals surface area contributed by atoms with E-state index in [-0.39, 0.29) is 5.97 Å². The van der Waals surface area contributed by atoms with E-state index in [1.807, 2.05) is 0 Å². The molecule has 0 rings (SSSR count). The Morgan fingerprint density at radius 1 is 0.783 bits per heavy atom. The van der Waals surface area contributed by atoms with Crippen LogP contribution in [0.5, 0.6) is 0 Å². The van der Waals surface area contributed by atoms with E-state index in [1.165, 1.54) is 77.7 Å². The van der Waals surface area contributed by atoms with Crippen molar-refractivity contribution >= 4 is 5.97 Å². The molecule has 0 amide bonds. The predicted octanol–water partition coefficient (Wildman–Crippen LogP) is 6.32. The molecule has 0 aliphatic heterocycles. The molecule has 0 fully saturated rings. The van der Waals surface area contributed by atoms with Gasteiger partial charge in [0.25, 0.3) is 0 Å². The minimum atomic E-state index is -0.0827. The van der Waals surface area contributed by atoms with E-state index in [0.29, 0.717) is 13.0 Å². The molecule has 0 bridgehead atoms. The van der Waals surface area contributed by atoms with Crippen molar-refractivity contribution < 1.29 is 9.53 Å². The number of rotatable bonds is 17. The van der Waals surface area contributed by atoms with Crippen LogP contribution in [0.15, 0.2) is 5.11 Å². The van der Waals surface area contributed by atoms with Gasteiger partial charge in [0.2, 0.25) is 0 Å². The second kappa shape index (κ2) is 18.8. The topological polar surface area (TPSA) is 75.1 Å². The van der Waals surface area contributed by atoms with Gasteiger partial charge in [-0.1, -0.05) is 82.2 Å². The van der Waals surface area contributed by atoms with Crippen LogP contribution >= 0.6 is 0 Å². The van der Waals surface area contributed by atoms with Crippen molar-refractivity contribution in [2.75, 3.05) is 13.7 Å². The highest BCUT2D eigenvalue weighted by molar-refractivity contribution is 5.68. The molecule has 0 aliphatic rings. The van der Waals surface area contributed by atoms with Crippen molar-refractivity contribution in [3.63, 3.8) is 0 Å². The third-order valence-corrected chi connectivity index (χ3v) is 4.18. The summed E-state index contributed by atoms with van der Waals surface area (Å²) in [6.45, 7) is 0.652. The summed E-state index contributed by atoms with van der Waals surface area (Å²) in [7, 11) is 1.45. The van der Waals surface area contributed by atoms with Gasteiger partial charge in [0.1, 0.15) is 0 Å². The molecule has 0 spiro atoms. The molecule has 0 heterocycles. The van der Waals surface area contributed by atoms with Crippen molar-refractivity contribution in [1.82, 2.24) is 0 Å². The smallest absolute Gasteiger partial charge is 0.305 e. The molecular formula is C18H35N3O2. The molecule has 0 aromatic rings. The lowest BCUT2D eigenvalue weighted by Gasteiger charge is -2.03. The average molecular weight is 325 g/mol. The van der Waals surface area contributed by atoms with Crippen LogP contribution in [-0.2, 0) is 9.53 Å². The van der Waals surface area contributed by atoms with E-state index in [2.05, 4.69) is 14.8 Å². The monoisotopic (exact) mass is 325 g/mol. The first-order chi connectivity index (χ1) is 11.3. The average Bonchev–Trinajstić information content (AvgIpc) is 2.57. The summed E-state index contributed by atoms with van der Waals surface area (Å²) in [4.78, 5) is 13.7. The molecule has 0 saturated carbocycles. The van der Waals surface area contributed by atoms with Crippen molar-refractivity contribution in [2.45, 2.75) is 96.3 Å². The summed E-state index contributed by atoms with van der Waals surface area (Å²) in [6, 6.07) is 0. The Kier molecular flexibility index (Phi) is 17.8. The summed E-state index contributed by atoms with van der Waals surface area (Å²) >= 11 is 0. The van der Waals surface area contributed by atoms with Gasteiger partial charge < -0.3 is 4.74 Å². The van der Waals surface area contributed by atoms with Crippen molar-refractivity contribution in [3.8, 4) is 0 Å². The molecule has 0 aromatic heterocycles. The number of carbonyl (C=O) groups excluding carboxylic acids is 1. The SMILES string of the molecule is COC(=O)CCCCCCCCCCCCCCCCN=[N+]=[N-]. The van der Waals surface area contributed by atoms with Crippen LogP contribution in [-0.4, -0.2) is 19.6 Å². The van der Waals surface area contributed by atoms with Gasteiger partial charge in [-0.05, 0) is 18.4 Å². The minimum Gasteiger partial charge on any atom is -0.469 e. The van der Waals surface area contributed by atoms with Crippen LogP contribution in [0.3, 0.4) is 0 Å². The summed E-state index contributed by atoms with van der Waals surface area (Å²) in [6.07, 6.45) is 18.1. The third-order valence-electron chi connectivity index (χ3n) is 4.18. The zero-order valence-electron chi connectivity index (χ0n) is 15.0. The molecule has 0 saturated heterocycles. The Bertz CT molecular complexity index is 315. The summed E-state index contributed by atoms with van der Waals surface area (Å²) in [5, 5.41) is 3.54. The molecule has 5 nitrogen and oxygen atoms in total. The Morgan fingerprint density at radius 3 is 1.57 bits per heavy atom. The predicted molar refractivity (Wildman–Crippen MR) is 95.3 cm³/mol. The zero-order valence-corrected chi connectivity index (χ0v) is 15.0. The maximum Gasteiger partial charge on any atom is 0.305 e. The number of unbranched alkanes of at least 4 members (excludes halogenated alkanes) is 13. The fourth-order valence-electron chi connectivity index (χ4n) is 2.72. The quantitative estimate of drug-likeness (QED) is 0.103. The molecular weight excluding hydrogens is 290 g/mol. The second-order valence-corrected chi connectivity index (χ2v) is 6.23. The molecule has 134 valence electrons. The number of hydrogen-bond donors (Lipinski definition) is 0. The standard InChI is InChI=1S/C18H35N3O2/c1-23-18(22)16-14-12-10-8-6-4-2-3-5-7-9-11-13-15-17-20-21-19/h2-17H2,1H3. The number of hydrogen-bond acceptors (Lipinski definition) is 3. The normalized spacial score (nSPS) is 10.3. The highest BCUT2D eigenvalue weighted by atomic mass is 16.5. The Morgan fingerprint density at radius 2 is 1.17 bits per heavy atom.